The summed E-state index contributed by atoms with van der Waals surface area (Å²) in [6.45, 7) is 1.98. The Balaban J connectivity index is 1.86. The molecule has 3 aromatic carbocycles. The van der Waals surface area contributed by atoms with Crippen LogP contribution in [0.4, 0.5) is 5.69 Å². The molecule has 0 heterocycles. The molecule has 1 amide bonds. The predicted molar refractivity (Wildman–Crippen MR) is 126 cm³/mol. The van der Waals surface area contributed by atoms with Crippen molar-refractivity contribution in [3.63, 3.8) is 0 Å². The molecule has 7 nitrogen and oxygen atoms in total. The molecule has 0 saturated carbocycles. The fourth-order valence-corrected chi connectivity index (χ4v) is 3.84. The molecule has 168 valence electrons. The second kappa shape index (κ2) is 10.7. The number of halogens is 1. The number of benzene rings is 3. The molecule has 3 aromatic rings. The van der Waals surface area contributed by atoms with E-state index in [1.165, 1.54) is 36.4 Å². The Bertz CT molecular complexity index is 1320. The highest BCUT2D eigenvalue weighted by atomic mass is 35.5. The molecule has 0 atom stereocenters. The fourth-order valence-electron chi connectivity index (χ4n) is 2.75. The average molecular weight is 483 g/mol. The van der Waals surface area contributed by atoms with Crippen LogP contribution in [0.25, 0.3) is 6.08 Å². The van der Waals surface area contributed by atoms with Gasteiger partial charge in [-0.25, -0.2) is 0 Å². The van der Waals surface area contributed by atoms with Crippen molar-refractivity contribution in [3.05, 3.63) is 89.0 Å². The van der Waals surface area contributed by atoms with Crippen LogP contribution in [0, 0.1) is 11.3 Å². The summed E-state index contributed by atoms with van der Waals surface area (Å²) >= 11 is 5.84. The molecular formula is C24H19ClN2O5S. The van der Waals surface area contributed by atoms with Crippen molar-refractivity contribution in [2.24, 2.45) is 0 Å². The van der Waals surface area contributed by atoms with E-state index in [4.69, 9.17) is 20.5 Å². The van der Waals surface area contributed by atoms with Gasteiger partial charge in [0.05, 0.1) is 6.61 Å². The maximum absolute atomic E-state index is 12.6. The summed E-state index contributed by atoms with van der Waals surface area (Å²) in [5.41, 5.74) is 0.777. The highest BCUT2D eigenvalue weighted by molar-refractivity contribution is 7.87. The average Bonchev–Trinajstić information content (AvgIpc) is 2.81. The number of anilines is 1. The van der Waals surface area contributed by atoms with Gasteiger partial charge in [0.15, 0.2) is 11.5 Å². The summed E-state index contributed by atoms with van der Waals surface area (Å²) in [6, 6.07) is 20.5. The van der Waals surface area contributed by atoms with Gasteiger partial charge in [0.25, 0.3) is 5.91 Å². The van der Waals surface area contributed by atoms with Crippen LogP contribution in [0.2, 0.25) is 5.02 Å². The summed E-state index contributed by atoms with van der Waals surface area (Å²) < 4.78 is 35.9. The number of nitrogens with zero attached hydrogens (tertiary/aromatic N) is 1. The standard InChI is InChI=1S/C24H19ClN2O5S/c1-2-31-23-15-17(8-13-22(23)32-33(29,30)21-6-4-3-5-7-21)14-18(16-26)24(28)27-20-11-9-19(25)10-12-20/h3-15H,2H2,1H3,(H,27,28)/b18-14+. The highest BCUT2D eigenvalue weighted by Crippen LogP contribution is 2.32. The number of nitrogens with one attached hydrogen (secondary N) is 1. The van der Waals surface area contributed by atoms with Crippen LogP contribution in [0.15, 0.2) is 83.3 Å². The SMILES string of the molecule is CCOc1cc(/C=C(\C#N)C(=O)Nc2ccc(Cl)cc2)ccc1OS(=O)(=O)c1ccccc1. The van der Waals surface area contributed by atoms with Crippen molar-refractivity contribution < 1.29 is 22.1 Å². The van der Waals surface area contributed by atoms with E-state index in [1.54, 1.807) is 49.4 Å². The minimum Gasteiger partial charge on any atom is -0.490 e. The number of carbonyl (C=O) groups excluding carboxylic acids is 1. The first-order valence-corrected chi connectivity index (χ1v) is 11.6. The van der Waals surface area contributed by atoms with Crippen LogP contribution in [-0.2, 0) is 14.9 Å². The van der Waals surface area contributed by atoms with E-state index in [0.29, 0.717) is 16.3 Å². The number of ether oxygens (including phenoxy) is 1. The normalized spacial score (nSPS) is 11.4. The van der Waals surface area contributed by atoms with Gasteiger partial charge in [-0.1, -0.05) is 35.9 Å². The highest BCUT2D eigenvalue weighted by Gasteiger charge is 2.19. The van der Waals surface area contributed by atoms with E-state index >= 15 is 0 Å². The Morgan fingerprint density at radius 3 is 2.39 bits per heavy atom. The lowest BCUT2D eigenvalue weighted by molar-refractivity contribution is -0.112. The number of rotatable bonds is 8. The first-order chi connectivity index (χ1) is 15.8. The van der Waals surface area contributed by atoms with Crippen molar-refractivity contribution >= 4 is 39.4 Å². The van der Waals surface area contributed by atoms with Gasteiger partial charge in [-0.05, 0) is 67.1 Å². The molecule has 0 fully saturated rings. The third-order valence-electron chi connectivity index (χ3n) is 4.28. The molecule has 0 bridgehead atoms. The molecule has 33 heavy (non-hydrogen) atoms. The van der Waals surface area contributed by atoms with Crippen molar-refractivity contribution in [3.8, 4) is 17.6 Å². The summed E-state index contributed by atoms with van der Waals surface area (Å²) in [6.07, 6.45) is 1.36. The molecule has 0 aromatic heterocycles. The second-order valence-corrected chi connectivity index (χ2v) is 8.60. The first kappa shape index (κ1) is 23.9. The molecule has 0 aliphatic carbocycles. The second-order valence-electron chi connectivity index (χ2n) is 6.62. The summed E-state index contributed by atoms with van der Waals surface area (Å²) in [7, 11) is -4.07. The van der Waals surface area contributed by atoms with E-state index in [2.05, 4.69) is 5.32 Å². The molecule has 9 heteroatoms. The Kier molecular flexibility index (Phi) is 7.72. The van der Waals surface area contributed by atoms with E-state index in [1.807, 2.05) is 6.07 Å². The quantitative estimate of drug-likeness (QED) is 0.273. The lowest BCUT2D eigenvalue weighted by atomic mass is 10.1. The van der Waals surface area contributed by atoms with Crippen molar-refractivity contribution in [2.75, 3.05) is 11.9 Å². The minimum atomic E-state index is -4.07. The third-order valence-corrected chi connectivity index (χ3v) is 5.78. The van der Waals surface area contributed by atoms with Crippen molar-refractivity contribution in [1.29, 1.82) is 5.26 Å². The summed E-state index contributed by atoms with van der Waals surface area (Å²) in [5.74, 6) is -0.465. The van der Waals surface area contributed by atoms with Gasteiger partial charge in [0, 0.05) is 10.7 Å². The lowest BCUT2D eigenvalue weighted by Crippen LogP contribution is -2.13. The van der Waals surface area contributed by atoms with Gasteiger partial charge in [0.1, 0.15) is 16.5 Å². The van der Waals surface area contributed by atoms with Crippen LogP contribution in [0.5, 0.6) is 11.5 Å². The van der Waals surface area contributed by atoms with Crippen LogP contribution >= 0.6 is 11.6 Å². The zero-order chi connectivity index (χ0) is 23.8. The molecule has 0 saturated heterocycles. The van der Waals surface area contributed by atoms with E-state index in [9.17, 15) is 18.5 Å². The monoisotopic (exact) mass is 482 g/mol. The number of hydrogen-bond donors (Lipinski definition) is 1. The van der Waals surface area contributed by atoms with Crippen molar-refractivity contribution in [2.45, 2.75) is 11.8 Å². The van der Waals surface area contributed by atoms with Crippen LogP contribution in [0.3, 0.4) is 0 Å². The number of hydrogen-bond acceptors (Lipinski definition) is 6. The Morgan fingerprint density at radius 1 is 1.06 bits per heavy atom. The topological polar surface area (TPSA) is 105 Å². The lowest BCUT2D eigenvalue weighted by Gasteiger charge is -2.13. The van der Waals surface area contributed by atoms with E-state index in [-0.39, 0.29) is 28.6 Å². The maximum atomic E-state index is 12.6. The minimum absolute atomic E-state index is 0.00191. The molecule has 1 N–H and O–H groups in total. The Morgan fingerprint density at radius 2 is 1.76 bits per heavy atom. The number of carbonyl (C=O) groups is 1. The molecule has 0 spiro atoms. The van der Waals surface area contributed by atoms with Crippen LogP contribution < -0.4 is 14.2 Å². The fraction of sp³-hybridized carbons (Fsp3) is 0.0833. The molecular weight excluding hydrogens is 464 g/mol. The largest absolute Gasteiger partial charge is 0.490 e. The van der Waals surface area contributed by atoms with Gasteiger partial charge < -0.3 is 14.2 Å². The number of nitriles is 1. The van der Waals surface area contributed by atoms with Crippen molar-refractivity contribution in [1.82, 2.24) is 0 Å². The molecule has 0 radical (unpaired) electrons. The van der Waals surface area contributed by atoms with E-state index < -0.39 is 16.0 Å². The molecule has 0 unspecified atom stereocenters. The third kappa shape index (κ3) is 6.35. The zero-order valence-electron chi connectivity index (χ0n) is 17.5. The van der Waals surface area contributed by atoms with Gasteiger partial charge in [0.2, 0.25) is 0 Å². The molecule has 0 aliphatic heterocycles. The summed E-state index contributed by atoms with van der Waals surface area (Å²) in [4.78, 5) is 12.5. The van der Waals surface area contributed by atoms with Gasteiger partial charge in [-0.2, -0.15) is 13.7 Å². The number of amides is 1. The maximum Gasteiger partial charge on any atom is 0.339 e. The Labute approximate surface area is 197 Å². The van der Waals surface area contributed by atoms with E-state index in [0.717, 1.165) is 0 Å². The molecule has 0 aliphatic rings. The smallest absolute Gasteiger partial charge is 0.339 e. The van der Waals surface area contributed by atoms with Crippen LogP contribution in [-0.4, -0.2) is 20.9 Å². The molecule has 3 rings (SSSR count). The zero-order valence-corrected chi connectivity index (χ0v) is 19.1. The Hall–Kier alpha value is -3.80. The van der Waals surface area contributed by atoms with Gasteiger partial charge >= 0.3 is 10.1 Å². The van der Waals surface area contributed by atoms with Gasteiger partial charge in [-0.3, -0.25) is 4.79 Å². The van der Waals surface area contributed by atoms with Crippen LogP contribution in [0.1, 0.15) is 12.5 Å². The summed E-state index contributed by atoms with van der Waals surface area (Å²) in [5, 5.41) is 12.6. The predicted octanol–water partition coefficient (Wildman–Crippen LogP) is 5.05. The van der Waals surface area contributed by atoms with Gasteiger partial charge in [-0.15, -0.1) is 0 Å². The first-order valence-electron chi connectivity index (χ1n) is 9.77.